The fourth-order valence-electron chi connectivity index (χ4n) is 2.48. The highest BCUT2D eigenvalue weighted by Crippen LogP contribution is 2.16. The molecule has 1 heterocycles. The molecule has 0 radical (unpaired) electrons. The Morgan fingerprint density at radius 3 is 2.48 bits per heavy atom. The van der Waals surface area contributed by atoms with E-state index < -0.39 is 6.17 Å². The summed E-state index contributed by atoms with van der Waals surface area (Å²) in [6, 6.07) is 5.85. The normalized spacial score (nSPS) is 18.7. The maximum absolute atomic E-state index is 12.9. The van der Waals surface area contributed by atoms with E-state index in [4.69, 9.17) is 0 Å². The number of hydrogen-bond acceptors (Lipinski definition) is 3. The molecule has 0 aliphatic carbocycles. The molecule has 2 atom stereocenters. The van der Waals surface area contributed by atoms with E-state index in [0.29, 0.717) is 5.92 Å². The van der Waals surface area contributed by atoms with Crippen molar-refractivity contribution in [2.45, 2.75) is 33.4 Å². The van der Waals surface area contributed by atoms with Crippen molar-refractivity contribution in [3.05, 3.63) is 47.5 Å². The van der Waals surface area contributed by atoms with Crippen LogP contribution in [0.15, 0.2) is 36.2 Å². The zero-order valence-electron chi connectivity index (χ0n) is 13.5. The van der Waals surface area contributed by atoms with Crippen LogP contribution in [0, 0.1) is 17.7 Å². The fourth-order valence-corrected chi connectivity index (χ4v) is 2.48. The molecule has 0 bridgehead atoms. The lowest BCUT2D eigenvalue weighted by molar-refractivity contribution is -0.127. The van der Waals surface area contributed by atoms with Gasteiger partial charge in [-0.05, 0) is 30.0 Å². The first-order chi connectivity index (χ1) is 10.9. The van der Waals surface area contributed by atoms with Crippen molar-refractivity contribution >= 4 is 11.8 Å². The molecular weight excluding hydrogens is 297 g/mol. The molecule has 0 aromatic heterocycles. The number of nitrogens with one attached hydrogen (secondary N) is 3. The molecule has 5 nitrogen and oxygen atoms in total. The number of carbonyl (C=O) groups excluding carboxylic acids is 2. The van der Waals surface area contributed by atoms with Gasteiger partial charge in [-0.2, -0.15) is 0 Å². The Morgan fingerprint density at radius 1 is 1.26 bits per heavy atom. The molecular formula is C17H22FN3O2. The van der Waals surface area contributed by atoms with E-state index in [1.165, 1.54) is 18.3 Å². The second kappa shape index (κ2) is 7.26. The van der Waals surface area contributed by atoms with Gasteiger partial charge in [-0.1, -0.05) is 32.9 Å². The van der Waals surface area contributed by atoms with Gasteiger partial charge in [0, 0.05) is 12.1 Å². The monoisotopic (exact) mass is 319 g/mol. The van der Waals surface area contributed by atoms with Crippen LogP contribution in [0.1, 0.15) is 38.9 Å². The van der Waals surface area contributed by atoms with Crippen molar-refractivity contribution < 1.29 is 14.0 Å². The summed E-state index contributed by atoms with van der Waals surface area (Å²) >= 11 is 0. The summed E-state index contributed by atoms with van der Waals surface area (Å²) in [6.07, 6.45) is 1.79. The molecule has 6 heteroatoms. The molecule has 2 amide bonds. The van der Waals surface area contributed by atoms with Gasteiger partial charge in [0.25, 0.3) is 5.91 Å². The highest BCUT2D eigenvalue weighted by Gasteiger charge is 2.24. The van der Waals surface area contributed by atoms with Gasteiger partial charge >= 0.3 is 0 Å². The smallest absolute Gasteiger partial charge is 0.271 e. The van der Waals surface area contributed by atoms with Crippen LogP contribution in [0.5, 0.6) is 0 Å². The van der Waals surface area contributed by atoms with Crippen molar-refractivity contribution in [1.82, 2.24) is 16.0 Å². The maximum Gasteiger partial charge on any atom is 0.271 e. The second-order valence-electron chi connectivity index (χ2n) is 6.20. The molecule has 3 N–H and O–H groups in total. The second-order valence-corrected chi connectivity index (χ2v) is 6.20. The van der Waals surface area contributed by atoms with Gasteiger partial charge in [0.15, 0.2) is 0 Å². The number of rotatable bonds is 5. The largest absolute Gasteiger partial charge is 0.366 e. The first kappa shape index (κ1) is 17.0. The Hall–Kier alpha value is -2.37. The molecule has 0 spiro atoms. The third-order valence-corrected chi connectivity index (χ3v) is 3.65. The molecule has 23 heavy (non-hydrogen) atoms. The molecule has 1 aliphatic heterocycles. The molecule has 0 saturated heterocycles. The van der Waals surface area contributed by atoms with E-state index in [2.05, 4.69) is 16.0 Å². The van der Waals surface area contributed by atoms with Gasteiger partial charge in [0.1, 0.15) is 17.7 Å². The van der Waals surface area contributed by atoms with Gasteiger partial charge in [-0.15, -0.1) is 0 Å². The Morgan fingerprint density at radius 2 is 1.91 bits per heavy atom. The van der Waals surface area contributed by atoms with Crippen molar-refractivity contribution in [2.24, 2.45) is 11.8 Å². The van der Waals surface area contributed by atoms with Crippen LogP contribution in [-0.2, 0) is 9.59 Å². The highest BCUT2D eigenvalue weighted by molar-refractivity contribution is 5.98. The molecule has 1 aromatic carbocycles. The van der Waals surface area contributed by atoms with Crippen molar-refractivity contribution in [1.29, 1.82) is 0 Å². The molecule has 2 rings (SSSR count). The lowest BCUT2D eigenvalue weighted by atomic mass is 9.98. The van der Waals surface area contributed by atoms with Crippen molar-refractivity contribution in [2.75, 3.05) is 0 Å². The van der Waals surface area contributed by atoms with E-state index >= 15 is 0 Å². The summed E-state index contributed by atoms with van der Waals surface area (Å²) in [5.74, 6) is -0.645. The molecule has 124 valence electrons. The Kier molecular flexibility index (Phi) is 5.36. The van der Waals surface area contributed by atoms with Gasteiger partial charge in [0.05, 0.1) is 0 Å². The van der Waals surface area contributed by atoms with Crippen LogP contribution in [0.25, 0.3) is 0 Å². The van der Waals surface area contributed by atoms with E-state index in [-0.39, 0.29) is 29.2 Å². The zero-order valence-corrected chi connectivity index (χ0v) is 13.5. The van der Waals surface area contributed by atoms with Crippen LogP contribution in [0.3, 0.4) is 0 Å². The van der Waals surface area contributed by atoms with Gasteiger partial charge in [-0.25, -0.2) is 4.39 Å². The Labute approximate surface area is 135 Å². The minimum absolute atomic E-state index is 0.168. The van der Waals surface area contributed by atoms with Crippen LogP contribution in [0.4, 0.5) is 4.39 Å². The number of carbonyl (C=O) groups is 2. The average Bonchev–Trinajstić information content (AvgIpc) is 2.49. The van der Waals surface area contributed by atoms with E-state index in [1.54, 1.807) is 12.1 Å². The molecule has 1 aliphatic rings. The summed E-state index contributed by atoms with van der Waals surface area (Å²) in [5, 5.41) is 8.36. The summed E-state index contributed by atoms with van der Waals surface area (Å²) in [5.41, 5.74) is 0.915. The fraction of sp³-hybridized carbons (Fsp3) is 0.412. The summed E-state index contributed by atoms with van der Waals surface area (Å²) < 4.78 is 12.9. The Balaban J connectivity index is 1.99. The standard InChI is InChI=1S/C17H22FN3O2/c1-10(2)8-11(3)16(22)20-14-9-19-15(21-17(14)23)12-4-6-13(18)7-5-12/h4-7,9-11,15,19H,8H2,1-3H3,(H,20,22)(H,21,23)/t11-,15?/m0/s1. The van der Waals surface area contributed by atoms with Crippen LogP contribution in [0.2, 0.25) is 0 Å². The third kappa shape index (κ3) is 4.55. The lowest BCUT2D eigenvalue weighted by Crippen LogP contribution is -2.46. The zero-order chi connectivity index (χ0) is 17.0. The quantitative estimate of drug-likeness (QED) is 0.779. The molecule has 0 fully saturated rings. The molecule has 1 unspecified atom stereocenters. The summed E-state index contributed by atoms with van der Waals surface area (Å²) in [4.78, 5) is 24.2. The van der Waals surface area contributed by atoms with E-state index in [0.717, 1.165) is 12.0 Å². The predicted octanol–water partition coefficient (Wildman–Crippen LogP) is 2.18. The first-order valence-electron chi connectivity index (χ1n) is 7.70. The SMILES string of the molecule is CC(C)C[C@H](C)C(=O)NC1=CNC(c2ccc(F)cc2)NC1=O. The van der Waals surface area contributed by atoms with Crippen LogP contribution in [-0.4, -0.2) is 11.8 Å². The topological polar surface area (TPSA) is 70.2 Å². The molecule has 0 saturated carbocycles. The predicted molar refractivity (Wildman–Crippen MR) is 85.3 cm³/mol. The van der Waals surface area contributed by atoms with Gasteiger partial charge in [0.2, 0.25) is 5.91 Å². The highest BCUT2D eigenvalue weighted by atomic mass is 19.1. The van der Waals surface area contributed by atoms with Gasteiger partial charge < -0.3 is 16.0 Å². The maximum atomic E-state index is 12.9. The summed E-state index contributed by atoms with van der Waals surface area (Å²) in [6.45, 7) is 5.93. The van der Waals surface area contributed by atoms with E-state index in [1.807, 2.05) is 20.8 Å². The number of benzene rings is 1. The summed E-state index contributed by atoms with van der Waals surface area (Å²) in [7, 11) is 0. The van der Waals surface area contributed by atoms with Crippen molar-refractivity contribution in [3.8, 4) is 0 Å². The number of hydrogen-bond donors (Lipinski definition) is 3. The number of amides is 2. The number of halogens is 1. The average molecular weight is 319 g/mol. The van der Waals surface area contributed by atoms with E-state index in [9.17, 15) is 14.0 Å². The van der Waals surface area contributed by atoms with Crippen LogP contribution >= 0.6 is 0 Å². The van der Waals surface area contributed by atoms with Crippen molar-refractivity contribution in [3.63, 3.8) is 0 Å². The lowest BCUT2D eigenvalue weighted by Gasteiger charge is -2.26. The van der Waals surface area contributed by atoms with Gasteiger partial charge in [-0.3, -0.25) is 9.59 Å². The van der Waals surface area contributed by atoms with Crippen LogP contribution < -0.4 is 16.0 Å². The minimum Gasteiger partial charge on any atom is -0.366 e. The third-order valence-electron chi connectivity index (χ3n) is 3.65. The first-order valence-corrected chi connectivity index (χ1v) is 7.70. The minimum atomic E-state index is -0.447. The molecule has 1 aromatic rings. The Bertz CT molecular complexity index is 611.